The summed E-state index contributed by atoms with van der Waals surface area (Å²) in [5.74, 6) is 0. The fraction of sp³-hybridized carbons (Fsp3) is 0.167. The van der Waals surface area contributed by atoms with Crippen LogP contribution in [0.25, 0.3) is 6.08 Å². The van der Waals surface area contributed by atoms with E-state index >= 15 is 0 Å². The molecule has 1 atom stereocenters. The molecule has 0 bridgehead atoms. The SMILES string of the molecule is C=C(C)C(O)/C=C/c1ccc(Br)cc1. The molecule has 2 heteroatoms. The van der Waals surface area contributed by atoms with Crippen molar-refractivity contribution in [1.82, 2.24) is 0 Å². The van der Waals surface area contributed by atoms with Gasteiger partial charge in [-0.1, -0.05) is 46.8 Å². The maximum Gasteiger partial charge on any atom is 0.0929 e. The molecule has 1 unspecified atom stereocenters. The number of halogens is 1. The summed E-state index contributed by atoms with van der Waals surface area (Å²) < 4.78 is 1.05. The molecule has 14 heavy (non-hydrogen) atoms. The Labute approximate surface area is 92.9 Å². The van der Waals surface area contributed by atoms with E-state index in [1.165, 1.54) is 0 Å². The Hall–Kier alpha value is -0.860. The Kier molecular flexibility index (Phi) is 4.11. The van der Waals surface area contributed by atoms with Gasteiger partial charge in [0.15, 0.2) is 0 Å². The topological polar surface area (TPSA) is 20.2 Å². The van der Waals surface area contributed by atoms with Crippen LogP contribution in [0.2, 0.25) is 0 Å². The highest BCUT2D eigenvalue weighted by atomic mass is 79.9. The molecule has 0 saturated heterocycles. The monoisotopic (exact) mass is 252 g/mol. The van der Waals surface area contributed by atoms with Crippen molar-refractivity contribution in [3.8, 4) is 0 Å². The van der Waals surface area contributed by atoms with Crippen molar-refractivity contribution in [1.29, 1.82) is 0 Å². The normalized spacial score (nSPS) is 13.1. The van der Waals surface area contributed by atoms with E-state index in [-0.39, 0.29) is 0 Å². The summed E-state index contributed by atoms with van der Waals surface area (Å²) >= 11 is 3.36. The molecular weight excluding hydrogens is 240 g/mol. The van der Waals surface area contributed by atoms with Crippen LogP contribution in [0.5, 0.6) is 0 Å². The van der Waals surface area contributed by atoms with Crippen LogP contribution < -0.4 is 0 Å². The van der Waals surface area contributed by atoms with Crippen LogP contribution in [0.15, 0.2) is 47.0 Å². The van der Waals surface area contributed by atoms with Crippen molar-refractivity contribution in [2.24, 2.45) is 0 Å². The zero-order valence-electron chi connectivity index (χ0n) is 8.07. The largest absolute Gasteiger partial charge is 0.385 e. The fourth-order valence-corrected chi connectivity index (χ4v) is 1.20. The molecule has 0 aliphatic rings. The maximum absolute atomic E-state index is 9.45. The highest BCUT2D eigenvalue weighted by Crippen LogP contribution is 2.12. The molecule has 0 aromatic heterocycles. The highest BCUT2D eigenvalue weighted by Gasteiger charge is 1.97. The maximum atomic E-state index is 9.45. The van der Waals surface area contributed by atoms with Gasteiger partial charge in [0.2, 0.25) is 0 Å². The first kappa shape index (κ1) is 11.2. The first-order valence-corrected chi connectivity index (χ1v) is 5.16. The molecule has 0 fully saturated rings. The smallest absolute Gasteiger partial charge is 0.0929 e. The Morgan fingerprint density at radius 3 is 2.50 bits per heavy atom. The summed E-state index contributed by atoms with van der Waals surface area (Å²) in [5.41, 5.74) is 1.81. The lowest BCUT2D eigenvalue weighted by molar-refractivity contribution is 0.260. The fourth-order valence-electron chi connectivity index (χ4n) is 0.940. The van der Waals surface area contributed by atoms with Gasteiger partial charge >= 0.3 is 0 Å². The molecule has 1 nitrogen and oxygen atoms in total. The minimum Gasteiger partial charge on any atom is -0.385 e. The summed E-state index contributed by atoms with van der Waals surface area (Å²) in [6, 6.07) is 7.89. The molecule has 0 spiro atoms. The standard InChI is InChI=1S/C12H13BrO/c1-9(2)12(14)8-5-10-3-6-11(13)7-4-10/h3-8,12,14H,1H2,2H3/b8-5+. The molecule has 1 aromatic rings. The van der Waals surface area contributed by atoms with Crippen molar-refractivity contribution < 1.29 is 5.11 Å². The van der Waals surface area contributed by atoms with Gasteiger partial charge in [-0.2, -0.15) is 0 Å². The van der Waals surface area contributed by atoms with Gasteiger partial charge in [0, 0.05) is 4.47 Å². The van der Waals surface area contributed by atoms with E-state index in [2.05, 4.69) is 22.5 Å². The van der Waals surface area contributed by atoms with Gasteiger partial charge < -0.3 is 5.11 Å². The van der Waals surface area contributed by atoms with Crippen LogP contribution in [-0.2, 0) is 0 Å². The van der Waals surface area contributed by atoms with Gasteiger partial charge in [-0.25, -0.2) is 0 Å². The number of aliphatic hydroxyl groups excluding tert-OH is 1. The molecule has 74 valence electrons. The predicted octanol–water partition coefficient (Wildman–Crippen LogP) is 3.40. The van der Waals surface area contributed by atoms with Gasteiger partial charge in [-0.3, -0.25) is 0 Å². The molecule has 1 aromatic carbocycles. The first-order chi connectivity index (χ1) is 6.59. The van der Waals surface area contributed by atoms with Crippen molar-refractivity contribution >= 4 is 22.0 Å². The third-order valence-electron chi connectivity index (χ3n) is 1.85. The quantitative estimate of drug-likeness (QED) is 0.818. The van der Waals surface area contributed by atoms with E-state index in [0.29, 0.717) is 0 Å². The zero-order valence-corrected chi connectivity index (χ0v) is 9.66. The van der Waals surface area contributed by atoms with Crippen LogP contribution in [0, 0.1) is 0 Å². The van der Waals surface area contributed by atoms with Gasteiger partial charge in [0.05, 0.1) is 6.10 Å². The third kappa shape index (κ3) is 3.48. The second kappa shape index (κ2) is 5.13. The summed E-state index contributed by atoms with van der Waals surface area (Å²) in [4.78, 5) is 0. The summed E-state index contributed by atoms with van der Waals surface area (Å²) in [6.07, 6.45) is 3.05. The third-order valence-corrected chi connectivity index (χ3v) is 2.37. The molecular formula is C12H13BrO. The molecule has 0 aliphatic carbocycles. The van der Waals surface area contributed by atoms with E-state index in [1.54, 1.807) is 13.0 Å². The molecule has 0 aliphatic heterocycles. The number of hydrogen-bond acceptors (Lipinski definition) is 1. The van der Waals surface area contributed by atoms with Crippen LogP contribution in [0.3, 0.4) is 0 Å². The number of rotatable bonds is 3. The predicted molar refractivity (Wildman–Crippen MR) is 64.0 cm³/mol. The van der Waals surface area contributed by atoms with Crippen molar-refractivity contribution in [2.45, 2.75) is 13.0 Å². The highest BCUT2D eigenvalue weighted by molar-refractivity contribution is 9.10. The second-order valence-electron chi connectivity index (χ2n) is 3.20. The molecule has 0 heterocycles. The Morgan fingerprint density at radius 1 is 1.43 bits per heavy atom. The lowest BCUT2D eigenvalue weighted by atomic mass is 10.1. The van der Waals surface area contributed by atoms with Crippen LogP contribution in [0.4, 0.5) is 0 Å². The minimum absolute atomic E-state index is 0.557. The van der Waals surface area contributed by atoms with Crippen molar-refractivity contribution in [3.63, 3.8) is 0 Å². The molecule has 0 amide bonds. The number of benzene rings is 1. The zero-order chi connectivity index (χ0) is 10.6. The first-order valence-electron chi connectivity index (χ1n) is 4.37. The Balaban J connectivity index is 2.69. The van der Waals surface area contributed by atoms with E-state index in [0.717, 1.165) is 15.6 Å². The Morgan fingerprint density at radius 2 is 2.00 bits per heavy atom. The molecule has 1 N–H and O–H groups in total. The van der Waals surface area contributed by atoms with E-state index in [1.807, 2.05) is 30.3 Å². The summed E-state index contributed by atoms with van der Waals surface area (Å²) in [7, 11) is 0. The van der Waals surface area contributed by atoms with E-state index in [9.17, 15) is 5.11 Å². The van der Waals surface area contributed by atoms with Crippen molar-refractivity contribution in [3.05, 3.63) is 52.5 Å². The average Bonchev–Trinajstić information content (AvgIpc) is 2.16. The lowest BCUT2D eigenvalue weighted by Gasteiger charge is -2.02. The van der Waals surface area contributed by atoms with Crippen LogP contribution >= 0.6 is 15.9 Å². The molecule has 1 rings (SSSR count). The average molecular weight is 253 g/mol. The van der Waals surface area contributed by atoms with E-state index < -0.39 is 6.10 Å². The van der Waals surface area contributed by atoms with Crippen molar-refractivity contribution in [2.75, 3.05) is 0 Å². The number of aliphatic hydroxyl groups is 1. The Bertz CT molecular complexity index is 338. The summed E-state index contributed by atoms with van der Waals surface area (Å²) in [6.45, 7) is 5.47. The van der Waals surface area contributed by atoms with Gasteiger partial charge in [-0.15, -0.1) is 0 Å². The minimum atomic E-state index is -0.557. The molecule has 0 radical (unpaired) electrons. The van der Waals surface area contributed by atoms with Crippen LogP contribution in [0.1, 0.15) is 12.5 Å². The molecule has 0 saturated carbocycles. The van der Waals surface area contributed by atoms with Gasteiger partial charge in [-0.05, 0) is 30.2 Å². The van der Waals surface area contributed by atoms with Gasteiger partial charge in [0.25, 0.3) is 0 Å². The lowest BCUT2D eigenvalue weighted by Crippen LogP contribution is -2.01. The summed E-state index contributed by atoms with van der Waals surface area (Å²) in [5, 5.41) is 9.45. The van der Waals surface area contributed by atoms with E-state index in [4.69, 9.17) is 0 Å². The number of hydrogen-bond donors (Lipinski definition) is 1. The van der Waals surface area contributed by atoms with Gasteiger partial charge in [0.1, 0.15) is 0 Å². The second-order valence-corrected chi connectivity index (χ2v) is 4.12. The van der Waals surface area contributed by atoms with Crippen LogP contribution in [-0.4, -0.2) is 11.2 Å².